The Kier molecular flexibility index (Phi) is 6.74. The first-order valence-electron chi connectivity index (χ1n) is 10.6. The molecular formula is C23H27ClFN3O4. The van der Waals surface area contributed by atoms with Crippen molar-refractivity contribution in [3.05, 3.63) is 52.8 Å². The second kappa shape index (κ2) is 9.52. The van der Waals surface area contributed by atoms with Gasteiger partial charge in [-0.3, -0.25) is 9.69 Å². The lowest BCUT2D eigenvalue weighted by Gasteiger charge is -2.38. The molecule has 3 N–H and O–H groups in total. The molecule has 0 aliphatic carbocycles. The van der Waals surface area contributed by atoms with E-state index < -0.39 is 11.7 Å². The summed E-state index contributed by atoms with van der Waals surface area (Å²) in [5.41, 5.74) is 0.767. The fourth-order valence-corrected chi connectivity index (χ4v) is 4.23. The Morgan fingerprint density at radius 3 is 2.75 bits per heavy atom. The van der Waals surface area contributed by atoms with Gasteiger partial charge in [0.2, 0.25) is 0 Å². The van der Waals surface area contributed by atoms with Crippen molar-refractivity contribution in [3.8, 4) is 11.5 Å². The van der Waals surface area contributed by atoms with Crippen LogP contribution in [0, 0.1) is 5.82 Å². The third-order valence-corrected chi connectivity index (χ3v) is 6.29. The van der Waals surface area contributed by atoms with Crippen molar-refractivity contribution in [2.24, 2.45) is 0 Å². The van der Waals surface area contributed by atoms with Gasteiger partial charge in [0.25, 0.3) is 5.91 Å². The first-order chi connectivity index (χ1) is 15.3. The summed E-state index contributed by atoms with van der Waals surface area (Å²) in [6.45, 7) is 2.55. The predicted molar refractivity (Wildman–Crippen MR) is 120 cm³/mol. The topological polar surface area (TPSA) is 83.1 Å². The number of methoxy groups -OCH3 is 1. The molecule has 7 nitrogen and oxygen atoms in total. The van der Waals surface area contributed by atoms with Crippen molar-refractivity contribution < 1.29 is 23.8 Å². The summed E-state index contributed by atoms with van der Waals surface area (Å²) in [5.74, 6) is 0.417. The highest BCUT2D eigenvalue weighted by Crippen LogP contribution is 2.38. The maximum atomic E-state index is 13.1. The van der Waals surface area contributed by atoms with Crippen molar-refractivity contribution >= 4 is 23.2 Å². The summed E-state index contributed by atoms with van der Waals surface area (Å²) in [6, 6.07) is 9.81. The highest BCUT2D eigenvalue weighted by molar-refractivity contribution is 6.32. The van der Waals surface area contributed by atoms with Crippen LogP contribution in [0.2, 0.25) is 5.02 Å². The molecule has 2 aromatic rings. The zero-order valence-corrected chi connectivity index (χ0v) is 18.6. The molecule has 0 radical (unpaired) electrons. The molecular weight excluding hydrogens is 437 g/mol. The standard InChI is InChI=1S/C23H27ClFN3O4/c1-31-19-11-20-18(10-17(19)24)26-12-21(32-20)22(29)27-14-23(30)6-8-28(9-7-23)13-15-2-4-16(25)5-3-15/h2-5,10-11,21,26,30H,6-9,12-14H2,1H3,(H,27,29). The number of hydrogen-bond donors (Lipinski definition) is 3. The van der Waals surface area contributed by atoms with Crippen LogP contribution in [0.25, 0.3) is 0 Å². The number of benzene rings is 2. The Morgan fingerprint density at radius 1 is 1.34 bits per heavy atom. The van der Waals surface area contributed by atoms with Gasteiger partial charge in [0, 0.05) is 32.2 Å². The summed E-state index contributed by atoms with van der Waals surface area (Å²) in [6.07, 6.45) is 0.351. The first-order valence-corrected chi connectivity index (χ1v) is 11.0. The molecule has 2 aliphatic heterocycles. The van der Waals surface area contributed by atoms with Gasteiger partial charge in [-0.2, -0.15) is 0 Å². The lowest BCUT2D eigenvalue weighted by Crippen LogP contribution is -2.53. The Bertz CT molecular complexity index is 964. The average molecular weight is 464 g/mol. The van der Waals surface area contributed by atoms with Gasteiger partial charge in [-0.15, -0.1) is 0 Å². The molecule has 1 fully saturated rings. The molecule has 1 atom stereocenters. The molecule has 2 aromatic carbocycles. The number of nitrogens with one attached hydrogen (secondary N) is 2. The number of ether oxygens (including phenoxy) is 2. The quantitative estimate of drug-likeness (QED) is 0.611. The smallest absolute Gasteiger partial charge is 0.263 e. The van der Waals surface area contributed by atoms with E-state index in [1.54, 1.807) is 24.3 Å². The third-order valence-electron chi connectivity index (χ3n) is 5.99. The number of hydrogen-bond acceptors (Lipinski definition) is 6. The van der Waals surface area contributed by atoms with Crippen LogP contribution < -0.4 is 20.1 Å². The van der Waals surface area contributed by atoms with Crippen molar-refractivity contribution in [3.63, 3.8) is 0 Å². The molecule has 2 aliphatic rings. The number of halogens is 2. The van der Waals surface area contributed by atoms with Gasteiger partial charge in [-0.05, 0) is 36.6 Å². The van der Waals surface area contributed by atoms with E-state index in [0.29, 0.717) is 61.2 Å². The van der Waals surface area contributed by atoms with Gasteiger partial charge in [0.15, 0.2) is 6.10 Å². The van der Waals surface area contributed by atoms with Crippen LogP contribution in [-0.4, -0.2) is 60.9 Å². The van der Waals surface area contributed by atoms with Crippen molar-refractivity contribution in [1.29, 1.82) is 0 Å². The number of piperidine rings is 1. The van der Waals surface area contributed by atoms with E-state index in [4.69, 9.17) is 21.1 Å². The molecule has 0 bridgehead atoms. The van der Waals surface area contributed by atoms with Crippen LogP contribution >= 0.6 is 11.6 Å². The maximum Gasteiger partial charge on any atom is 0.263 e. The number of likely N-dealkylation sites (tertiary alicyclic amines) is 1. The minimum atomic E-state index is -0.967. The summed E-state index contributed by atoms with van der Waals surface area (Å²) < 4.78 is 24.1. The molecule has 0 saturated carbocycles. The molecule has 9 heteroatoms. The molecule has 32 heavy (non-hydrogen) atoms. The van der Waals surface area contributed by atoms with E-state index >= 15 is 0 Å². The number of anilines is 1. The molecule has 2 heterocycles. The number of carbonyl (C=O) groups is 1. The Labute approximate surface area is 191 Å². The van der Waals surface area contributed by atoms with Gasteiger partial charge in [0.1, 0.15) is 17.3 Å². The molecule has 172 valence electrons. The molecule has 0 spiro atoms. The van der Waals surface area contributed by atoms with E-state index in [9.17, 15) is 14.3 Å². The predicted octanol–water partition coefficient (Wildman–Crippen LogP) is 2.80. The SMILES string of the molecule is COc1cc2c(cc1Cl)NCC(C(=O)NCC1(O)CCN(Cc3ccc(F)cc3)CC1)O2. The molecule has 4 rings (SSSR count). The fraction of sp³-hybridized carbons (Fsp3) is 0.435. The van der Waals surface area contributed by atoms with Crippen LogP contribution in [0.3, 0.4) is 0 Å². The fourth-order valence-electron chi connectivity index (χ4n) is 3.99. The lowest BCUT2D eigenvalue weighted by molar-refractivity contribution is -0.129. The maximum absolute atomic E-state index is 13.1. The molecule has 1 saturated heterocycles. The summed E-state index contributed by atoms with van der Waals surface area (Å²) >= 11 is 6.13. The van der Waals surface area contributed by atoms with Crippen molar-refractivity contribution in [2.75, 3.05) is 38.6 Å². The van der Waals surface area contributed by atoms with E-state index in [-0.39, 0.29) is 18.3 Å². The minimum absolute atomic E-state index is 0.160. The van der Waals surface area contributed by atoms with E-state index in [2.05, 4.69) is 15.5 Å². The second-order valence-electron chi connectivity index (χ2n) is 8.32. The van der Waals surface area contributed by atoms with Crippen LogP contribution in [0.4, 0.5) is 10.1 Å². The normalized spacial score (nSPS) is 19.9. The van der Waals surface area contributed by atoms with E-state index in [1.807, 2.05) is 0 Å². The summed E-state index contributed by atoms with van der Waals surface area (Å²) in [4.78, 5) is 14.9. The number of aliphatic hydroxyl groups is 1. The molecule has 0 aromatic heterocycles. The number of nitrogens with zero attached hydrogens (tertiary/aromatic N) is 1. The number of fused-ring (bicyclic) bond motifs is 1. The zero-order valence-electron chi connectivity index (χ0n) is 17.9. The van der Waals surface area contributed by atoms with Gasteiger partial charge in [-0.1, -0.05) is 23.7 Å². The lowest BCUT2D eigenvalue weighted by atomic mass is 9.91. The van der Waals surface area contributed by atoms with Crippen LogP contribution in [-0.2, 0) is 11.3 Å². The zero-order chi connectivity index (χ0) is 22.7. The monoisotopic (exact) mass is 463 g/mol. The van der Waals surface area contributed by atoms with Gasteiger partial charge in [0.05, 0.1) is 30.0 Å². The summed E-state index contributed by atoms with van der Waals surface area (Å²) in [7, 11) is 1.51. The van der Waals surface area contributed by atoms with Crippen LogP contribution in [0.15, 0.2) is 36.4 Å². The van der Waals surface area contributed by atoms with Crippen LogP contribution in [0.5, 0.6) is 11.5 Å². The van der Waals surface area contributed by atoms with E-state index in [0.717, 1.165) is 5.56 Å². The highest BCUT2D eigenvalue weighted by Gasteiger charge is 2.34. The molecule has 1 amide bonds. The minimum Gasteiger partial charge on any atom is -0.495 e. The van der Waals surface area contributed by atoms with Gasteiger partial charge in [-0.25, -0.2) is 4.39 Å². The second-order valence-corrected chi connectivity index (χ2v) is 8.72. The van der Waals surface area contributed by atoms with Gasteiger partial charge < -0.3 is 25.2 Å². The molecule has 1 unspecified atom stereocenters. The van der Waals surface area contributed by atoms with Gasteiger partial charge >= 0.3 is 0 Å². The summed E-state index contributed by atoms with van der Waals surface area (Å²) in [5, 5.41) is 17.4. The average Bonchev–Trinajstić information content (AvgIpc) is 2.80. The third kappa shape index (κ3) is 5.26. The van der Waals surface area contributed by atoms with Crippen LogP contribution in [0.1, 0.15) is 18.4 Å². The van der Waals surface area contributed by atoms with Crippen molar-refractivity contribution in [2.45, 2.75) is 31.1 Å². The number of amides is 1. The Hall–Kier alpha value is -2.55. The first kappa shape index (κ1) is 22.6. The number of carbonyl (C=O) groups excluding carboxylic acids is 1. The van der Waals surface area contributed by atoms with Crippen molar-refractivity contribution in [1.82, 2.24) is 10.2 Å². The number of rotatable bonds is 6. The largest absolute Gasteiger partial charge is 0.495 e. The van der Waals surface area contributed by atoms with E-state index in [1.165, 1.54) is 19.2 Å². The Morgan fingerprint density at radius 2 is 2.06 bits per heavy atom. The Balaban J connectivity index is 1.26. The highest BCUT2D eigenvalue weighted by atomic mass is 35.5.